The summed E-state index contributed by atoms with van der Waals surface area (Å²) in [5, 5.41) is 2.61. The standard InChI is InChI=1S/C17H13F4NOS/c18-10-5-6-15-12(9-10)14(7-8-24-15)22-16(23)11-3-1-2-4-13(11)17(19,20)21/h1-6,9,14H,7-8H2,(H,22,23)/t14-/m0/s1. The van der Waals surface area contributed by atoms with Crippen LogP contribution in [0.4, 0.5) is 17.6 Å². The van der Waals surface area contributed by atoms with Crippen LogP contribution in [0.5, 0.6) is 0 Å². The van der Waals surface area contributed by atoms with E-state index in [2.05, 4.69) is 5.32 Å². The van der Waals surface area contributed by atoms with Gasteiger partial charge in [0.25, 0.3) is 5.91 Å². The Hall–Kier alpha value is -2.02. The number of thioether (sulfide) groups is 1. The second kappa shape index (κ2) is 6.47. The smallest absolute Gasteiger partial charge is 0.345 e. The van der Waals surface area contributed by atoms with Gasteiger partial charge in [0, 0.05) is 10.6 Å². The molecule has 126 valence electrons. The summed E-state index contributed by atoms with van der Waals surface area (Å²) in [6.07, 6.45) is -4.08. The topological polar surface area (TPSA) is 29.1 Å². The number of alkyl halides is 3. The molecule has 0 saturated carbocycles. The van der Waals surface area contributed by atoms with Crippen molar-refractivity contribution in [1.29, 1.82) is 0 Å². The highest BCUT2D eigenvalue weighted by Crippen LogP contribution is 2.37. The van der Waals surface area contributed by atoms with Gasteiger partial charge in [0.05, 0.1) is 17.2 Å². The van der Waals surface area contributed by atoms with Gasteiger partial charge in [-0.3, -0.25) is 4.79 Å². The third kappa shape index (κ3) is 3.40. The first-order chi connectivity index (χ1) is 11.4. The summed E-state index contributed by atoms with van der Waals surface area (Å²) in [6.45, 7) is 0. The number of hydrogen-bond acceptors (Lipinski definition) is 2. The van der Waals surface area contributed by atoms with Crippen LogP contribution < -0.4 is 5.32 Å². The fourth-order valence-corrected chi connectivity index (χ4v) is 3.79. The lowest BCUT2D eigenvalue weighted by Gasteiger charge is -2.26. The van der Waals surface area contributed by atoms with Gasteiger partial charge in [-0.2, -0.15) is 13.2 Å². The molecule has 0 saturated heterocycles. The van der Waals surface area contributed by atoms with E-state index in [4.69, 9.17) is 0 Å². The maximum atomic E-state index is 13.5. The van der Waals surface area contributed by atoms with Gasteiger partial charge in [-0.1, -0.05) is 12.1 Å². The molecule has 0 fully saturated rings. The predicted octanol–water partition coefficient (Wildman–Crippen LogP) is 4.81. The number of amides is 1. The van der Waals surface area contributed by atoms with Crippen LogP contribution >= 0.6 is 11.8 Å². The molecule has 0 unspecified atom stereocenters. The van der Waals surface area contributed by atoms with E-state index < -0.39 is 35.1 Å². The number of halogens is 4. The number of hydrogen-bond donors (Lipinski definition) is 1. The maximum Gasteiger partial charge on any atom is 0.417 e. The number of nitrogens with one attached hydrogen (secondary N) is 1. The zero-order valence-corrected chi connectivity index (χ0v) is 13.2. The summed E-state index contributed by atoms with van der Waals surface area (Å²) in [4.78, 5) is 13.2. The Labute approximate surface area is 140 Å². The molecule has 2 aromatic rings. The van der Waals surface area contributed by atoms with Gasteiger partial charge >= 0.3 is 6.18 Å². The normalized spacial score (nSPS) is 17.2. The van der Waals surface area contributed by atoms with Crippen LogP contribution in [-0.4, -0.2) is 11.7 Å². The van der Waals surface area contributed by atoms with E-state index in [9.17, 15) is 22.4 Å². The molecule has 1 amide bonds. The third-order valence-electron chi connectivity index (χ3n) is 3.79. The van der Waals surface area contributed by atoms with Crippen LogP contribution in [0.15, 0.2) is 47.4 Å². The Bertz CT molecular complexity index is 775. The van der Waals surface area contributed by atoms with Gasteiger partial charge in [-0.15, -0.1) is 11.8 Å². The molecule has 0 aliphatic carbocycles. The number of carbonyl (C=O) groups excluding carboxylic acids is 1. The quantitative estimate of drug-likeness (QED) is 0.783. The minimum absolute atomic E-state index is 0.429. The fraction of sp³-hybridized carbons (Fsp3) is 0.235. The summed E-state index contributed by atoms with van der Waals surface area (Å²) in [7, 11) is 0. The van der Waals surface area contributed by atoms with Gasteiger partial charge in [-0.05, 0) is 42.3 Å². The Morgan fingerprint density at radius 1 is 1.17 bits per heavy atom. The summed E-state index contributed by atoms with van der Waals surface area (Å²) in [5.74, 6) is -0.550. The molecule has 1 heterocycles. The lowest BCUT2D eigenvalue weighted by atomic mass is 10.0. The van der Waals surface area contributed by atoms with E-state index in [1.807, 2.05) is 0 Å². The van der Waals surface area contributed by atoms with Crippen molar-refractivity contribution in [3.8, 4) is 0 Å². The Morgan fingerprint density at radius 2 is 1.92 bits per heavy atom. The van der Waals surface area contributed by atoms with Gasteiger partial charge in [0.1, 0.15) is 5.82 Å². The number of carbonyl (C=O) groups is 1. The summed E-state index contributed by atoms with van der Waals surface area (Å²) in [5.41, 5.74) is -0.808. The zero-order valence-electron chi connectivity index (χ0n) is 12.4. The summed E-state index contributed by atoms with van der Waals surface area (Å²) < 4.78 is 52.6. The van der Waals surface area contributed by atoms with E-state index in [0.29, 0.717) is 17.7 Å². The molecule has 0 spiro atoms. The number of fused-ring (bicyclic) bond motifs is 1. The monoisotopic (exact) mass is 355 g/mol. The fourth-order valence-electron chi connectivity index (χ4n) is 2.68. The summed E-state index contributed by atoms with van der Waals surface area (Å²) >= 11 is 1.53. The zero-order chi connectivity index (χ0) is 17.3. The SMILES string of the molecule is O=C(N[C@H]1CCSc2ccc(F)cc21)c1ccccc1C(F)(F)F. The summed E-state index contributed by atoms with van der Waals surface area (Å²) in [6, 6.07) is 8.40. The molecule has 1 aliphatic heterocycles. The van der Waals surface area contributed by atoms with Crippen LogP contribution in [0.3, 0.4) is 0 Å². The molecule has 1 N–H and O–H groups in total. The van der Waals surface area contributed by atoms with E-state index in [-0.39, 0.29) is 0 Å². The molecular weight excluding hydrogens is 342 g/mol. The van der Waals surface area contributed by atoms with Gasteiger partial charge in [0.2, 0.25) is 0 Å². The molecule has 0 aromatic heterocycles. The highest BCUT2D eigenvalue weighted by atomic mass is 32.2. The molecule has 1 aliphatic rings. The molecule has 24 heavy (non-hydrogen) atoms. The second-order valence-electron chi connectivity index (χ2n) is 5.39. The molecule has 1 atom stereocenters. The first-order valence-electron chi connectivity index (χ1n) is 7.25. The van der Waals surface area contributed by atoms with E-state index in [0.717, 1.165) is 17.0 Å². The molecule has 0 bridgehead atoms. The van der Waals surface area contributed by atoms with Crippen molar-refractivity contribution >= 4 is 17.7 Å². The van der Waals surface area contributed by atoms with Crippen molar-refractivity contribution in [2.24, 2.45) is 0 Å². The minimum atomic E-state index is -4.61. The first-order valence-corrected chi connectivity index (χ1v) is 8.24. The van der Waals surface area contributed by atoms with Crippen LogP contribution in [0, 0.1) is 5.82 Å². The average molecular weight is 355 g/mol. The lowest BCUT2D eigenvalue weighted by molar-refractivity contribution is -0.137. The highest BCUT2D eigenvalue weighted by molar-refractivity contribution is 7.99. The number of rotatable bonds is 2. The van der Waals surface area contributed by atoms with E-state index >= 15 is 0 Å². The largest absolute Gasteiger partial charge is 0.417 e. The molecule has 2 nitrogen and oxygen atoms in total. The predicted molar refractivity (Wildman–Crippen MR) is 83.4 cm³/mol. The number of benzene rings is 2. The maximum absolute atomic E-state index is 13.5. The van der Waals surface area contributed by atoms with Crippen LogP contribution in [0.2, 0.25) is 0 Å². The van der Waals surface area contributed by atoms with E-state index in [1.54, 1.807) is 6.07 Å². The van der Waals surface area contributed by atoms with Crippen molar-refractivity contribution in [1.82, 2.24) is 5.32 Å². The minimum Gasteiger partial charge on any atom is -0.345 e. The third-order valence-corrected chi connectivity index (χ3v) is 4.92. The Balaban J connectivity index is 1.89. The lowest BCUT2D eigenvalue weighted by Crippen LogP contribution is -2.32. The van der Waals surface area contributed by atoms with Crippen molar-refractivity contribution in [2.45, 2.75) is 23.5 Å². The van der Waals surface area contributed by atoms with Crippen molar-refractivity contribution in [3.63, 3.8) is 0 Å². The van der Waals surface area contributed by atoms with Crippen LogP contribution in [-0.2, 0) is 6.18 Å². The Morgan fingerprint density at radius 3 is 2.67 bits per heavy atom. The van der Waals surface area contributed by atoms with Crippen LogP contribution in [0.25, 0.3) is 0 Å². The average Bonchev–Trinajstić information content (AvgIpc) is 2.54. The highest BCUT2D eigenvalue weighted by Gasteiger charge is 2.35. The van der Waals surface area contributed by atoms with Gasteiger partial charge in [0.15, 0.2) is 0 Å². The first kappa shape index (κ1) is 16.8. The molecule has 7 heteroatoms. The van der Waals surface area contributed by atoms with Crippen molar-refractivity contribution in [2.75, 3.05) is 5.75 Å². The molecule has 0 radical (unpaired) electrons. The van der Waals surface area contributed by atoms with Crippen molar-refractivity contribution in [3.05, 3.63) is 65.0 Å². The van der Waals surface area contributed by atoms with E-state index in [1.165, 1.54) is 36.0 Å². The van der Waals surface area contributed by atoms with Gasteiger partial charge < -0.3 is 5.32 Å². The molecule has 2 aromatic carbocycles. The molecular formula is C17H13F4NOS. The molecule has 3 rings (SSSR count). The van der Waals surface area contributed by atoms with Gasteiger partial charge in [-0.25, -0.2) is 4.39 Å². The van der Waals surface area contributed by atoms with Crippen LogP contribution in [0.1, 0.15) is 33.9 Å². The second-order valence-corrected chi connectivity index (χ2v) is 6.53. The van der Waals surface area contributed by atoms with Crippen molar-refractivity contribution < 1.29 is 22.4 Å². The Kier molecular flexibility index (Phi) is 4.54.